The molecule has 1 aliphatic carbocycles. The largest absolute Gasteiger partial charge is 0.508 e. The molecule has 1 aromatic heterocycles. The van der Waals surface area contributed by atoms with Crippen molar-refractivity contribution in [2.45, 2.75) is 24.1 Å². The van der Waals surface area contributed by atoms with Gasteiger partial charge in [0.05, 0.1) is 10.2 Å². The normalized spacial score (nSPS) is 25.2. The fourth-order valence-corrected chi connectivity index (χ4v) is 5.02. The number of nitrogens with zero attached hydrogens (tertiary/aromatic N) is 2. The van der Waals surface area contributed by atoms with Crippen LogP contribution >= 0.6 is 23.1 Å². The summed E-state index contributed by atoms with van der Waals surface area (Å²) in [6, 6.07) is 4.38. The number of carbonyl (C=O) groups is 1. The average molecular weight is 320 g/mol. The van der Waals surface area contributed by atoms with Gasteiger partial charge in [-0.05, 0) is 37.0 Å². The molecule has 5 nitrogen and oxygen atoms in total. The van der Waals surface area contributed by atoms with Crippen molar-refractivity contribution in [3.05, 3.63) is 23.2 Å². The Morgan fingerprint density at radius 3 is 2.86 bits per heavy atom. The Labute approximate surface area is 128 Å². The summed E-state index contributed by atoms with van der Waals surface area (Å²) in [5, 5.41) is 20.3. The molecule has 0 spiro atoms. The smallest absolute Gasteiger partial charge is 0.329 e. The van der Waals surface area contributed by atoms with Crippen LogP contribution in [0.4, 0.5) is 0 Å². The van der Waals surface area contributed by atoms with Crippen LogP contribution in [-0.4, -0.2) is 37.5 Å². The van der Waals surface area contributed by atoms with Crippen LogP contribution < -0.4 is 0 Å². The standard InChI is InChI=1S/C14H12N2O3S2/c17-7-3-4-8-9(5-7)20-12(15-8)13-16-10(14(18)19)11(21-13)6-1-2-6/h3-6,10-11,17H,1-2H2,(H,18,19)/t10-,11?/m1/s1. The molecule has 2 N–H and O–H groups in total. The molecule has 0 amide bonds. The summed E-state index contributed by atoms with van der Waals surface area (Å²) in [5.74, 6) is -0.179. The van der Waals surface area contributed by atoms with Crippen molar-refractivity contribution in [3.8, 4) is 5.75 Å². The van der Waals surface area contributed by atoms with Gasteiger partial charge in [0.2, 0.25) is 0 Å². The van der Waals surface area contributed by atoms with Crippen molar-refractivity contribution in [1.29, 1.82) is 0 Å². The number of phenolic OH excluding ortho intramolecular Hbond substituents is 1. The third-order valence-electron chi connectivity index (χ3n) is 3.71. The van der Waals surface area contributed by atoms with Crippen LogP contribution in [-0.2, 0) is 4.79 Å². The lowest BCUT2D eigenvalue weighted by Gasteiger charge is -2.11. The van der Waals surface area contributed by atoms with Crippen LogP contribution in [0.5, 0.6) is 5.75 Å². The maximum Gasteiger partial charge on any atom is 0.329 e. The highest BCUT2D eigenvalue weighted by molar-refractivity contribution is 8.15. The maximum absolute atomic E-state index is 11.4. The highest BCUT2D eigenvalue weighted by Gasteiger charge is 2.45. The van der Waals surface area contributed by atoms with Crippen LogP contribution in [0.2, 0.25) is 0 Å². The van der Waals surface area contributed by atoms with E-state index in [2.05, 4.69) is 9.98 Å². The summed E-state index contributed by atoms with van der Waals surface area (Å²) in [4.78, 5) is 20.3. The first kappa shape index (κ1) is 13.1. The molecule has 0 radical (unpaired) electrons. The van der Waals surface area contributed by atoms with Crippen molar-refractivity contribution in [2.75, 3.05) is 0 Å². The number of carboxylic acids is 1. The number of aliphatic carboxylic acids is 1. The van der Waals surface area contributed by atoms with Crippen LogP contribution in [0.1, 0.15) is 17.8 Å². The van der Waals surface area contributed by atoms with Crippen molar-refractivity contribution in [3.63, 3.8) is 0 Å². The summed E-state index contributed by atoms with van der Waals surface area (Å²) in [5.41, 5.74) is 0.804. The number of aromatic hydroxyl groups is 1. The number of rotatable bonds is 3. The van der Waals surface area contributed by atoms with Gasteiger partial charge < -0.3 is 10.2 Å². The predicted molar refractivity (Wildman–Crippen MR) is 83.3 cm³/mol. The molecule has 7 heteroatoms. The SMILES string of the molecule is O=C(O)[C@@H]1N=C(c2nc3ccc(O)cc3s2)SC1C1CC1. The number of benzene rings is 1. The number of hydrogen-bond acceptors (Lipinski definition) is 6. The van der Waals surface area contributed by atoms with Gasteiger partial charge in [-0.2, -0.15) is 0 Å². The molecule has 1 saturated carbocycles. The highest BCUT2D eigenvalue weighted by Crippen LogP contribution is 2.46. The lowest BCUT2D eigenvalue weighted by Crippen LogP contribution is -2.28. The molecule has 0 bridgehead atoms. The lowest BCUT2D eigenvalue weighted by molar-refractivity contribution is -0.138. The summed E-state index contributed by atoms with van der Waals surface area (Å²) in [7, 11) is 0. The number of thioether (sulfide) groups is 1. The Morgan fingerprint density at radius 1 is 1.33 bits per heavy atom. The second-order valence-corrected chi connectivity index (χ2v) is 7.51. The number of aromatic nitrogens is 1. The topological polar surface area (TPSA) is 82.8 Å². The summed E-state index contributed by atoms with van der Waals surface area (Å²) in [6.45, 7) is 0. The van der Waals surface area contributed by atoms with E-state index >= 15 is 0 Å². The Balaban J connectivity index is 1.71. The maximum atomic E-state index is 11.4. The molecule has 2 heterocycles. The van der Waals surface area contributed by atoms with Crippen LogP contribution in [0.15, 0.2) is 23.2 Å². The number of phenols is 1. The second-order valence-electron chi connectivity index (χ2n) is 5.31. The average Bonchev–Trinajstić information content (AvgIpc) is 3.04. The first-order valence-corrected chi connectivity index (χ1v) is 8.38. The Bertz CT molecular complexity index is 767. The molecule has 1 aliphatic heterocycles. The quantitative estimate of drug-likeness (QED) is 0.908. The first-order valence-electron chi connectivity index (χ1n) is 6.69. The molecular weight excluding hydrogens is 308 g/mol. The van der Waals surface area contributed by atoms with E-state index in [1.54, 1.807) is 30.0 Å². The zero-order valence-corrected chi connectivity index (χ0v) is 12.5. The second kappa shape index (κ2) is 4.71. The van der Waals surface area contributed by atoms with Gasteiger partial charge in [0.25, 0.3) is 0 Å². The van der Waals surface area contributed by atoms with Gasteiger partial charge in [-0.3, -0.25) is 4.99 Å². The Morgan fingerprint density at radius 2 is 2.14 bits per heavy atom. The van der Waals surface area contributed by atoms with E-state index in [9.17, 15) is 15.0 Å². The van der Waals surface area contributed by atoms with E-state index < -0.39 is 12.0 Å². The van der Waals surface area contributed by atoms with Crippen molar-refractivity contribution in [1.82, 2.24) is 4.98 Å². The molecule has 1 aromatic carbocycles. The van der Waals surface area contributed by atoms with Gasteiger partial charge in [0, 0.05) is 5.25 Å². The van der Waals surface area contributed by atoms with E-state index in [0.29, 0.717) is 5.92 Å². The predicted octanol–water partition coefficient (Wildman–Crippen LogP) is 2.73. The fourth-order valence-electron chi connectivity index (χ4n) is 2.51. The molecule has 4 rings (SSSR count). The van der Waals surface area contributed by atoms with Gasteiger partial charge in [0.1, 0.15) is 15.8 Å². The van der Waals surface area contributed by atoms with Gasteiger partial charge in [-0.15, -0.1) is 11.3 Å². The van der Waals surface area contributed by atoms with Gasteiger partial charge in [-0.25, -0.2) is 9.78 Å². The minimum Gasteiger partial charge on any atom is -0.508 e. The van der Waals surface area contributed by atoms with Crippen molar-refractivity contribution in [2.24, 2.45) is 10.9 Å². The minimum atomic E-state index is -0.854. The Hall–Kier alpha value is -1.60. The zero-order valence-electron chi connectivity index (χ0n) is 10.9. The third-order valence-corrected chi connectivity index (χ3v) is 6.30. The summed E-state index contributed by atoms with van der Waals surface area (Å²) < 4.78 is 0.884. The van der Waals surface area contributed by atoms with Crippen molar-refractivity contribution < 1.29 is 15.0 Å². The zero-order chi connectivity index (χ0) is 14.6. The monoisotopic (exact) mass is 320 g/mol. The number of fused-ring (bicyclic) bond motifs is 1. The number of thiazole rings is 1. The third kappa shape index (κ3) is 2.30. The summed E-state index contributed by atoms with van der Waals surface area (Å²) >= 11 is 2.99. The highest BCUT2D eigenvalue weighted by atomic mass is 32.2. The van der Waals surface area contributed by atoms with Crippen LogP contribution in [0.3, 0.4) is 0 Å². The van der Waals surface area contributed by atoms with E-state index in [0.717, 1.165) is 33.1 Å². The van der Waals surface area contributed by atoms with Gasteiger partial charge in [-0.1, -0.05) is 11.8 Å². The molecule has 1 fully saturated rings. The lowest BCUT2D eigenvalue weighted by atomic mass is 10.1. The molecule has 2 aromatic rings. The first-order chi connectivity index (χ1) is 10.1. The minimum absolute atomic E-state index is 0.0397. The number of hydrogen-bond donors (Lipinski definition) is 2. The van der Waals surface area contributed by atoms with Crippen LogP contribution in [0.25, 0.3) is 10.2 Å². The van der Waals surface area contributed by atoms with E-state index in [4.69, 9.17) is 0 Å². The molecule has 21 heavy (non-hydrogen) atoms. The van der Waals surface area contributed by atoms with Gasteiger partial charge >= 0.3 is 5.97 Å². The fraction of sp³-hybridized carbons (Fsp3) is 0.357. The molecule has 0 saturated heterocycles. The van der Waals surface area contributed by atoms with E-state index in [1.165, 1.54) is 11.3 Å². The summed E-state index contributed by atoms with van der Waals surface area (Å²) in [6.07, 6.45) is 2.19. The molecule has 108 valence electrons. The Kier molecular flexibility index (Phi) is 2.93. The molecule has 2 atom stereocenters. The number of carboxylic acid groups (broad SMARTS) is 1. The molecule has 1 unspecified atom stereocenters. The van der Waals surface area contributed by atoms with Gasteiger partial charge in [0.15, 0.2) is 6.04 Å². The number of aliphatic imine (C=N–C) groups is 1. The van der Waals surface area contributed by atoms with Crippen molar-refractivity contribution >= 4 is 44.3 Å². The van der Waals surface area contributed by atoms with E-state index in [-0.39, 0.29) is 11.0 Å². The molecular formula is C14H12N2O3S2. The van der Waals surface area contributed by atoms with E-state index in [1.807, 2.05) is 0 Å². The molecule has 2 aliphatic rings. The van der Waals surface area contributed by atoms with Crippen LogP contribution in [0, 0.1) is 5.92 Å².